The molecule has 1 atom stereocenters. The summed E-state index contributed by atoms with van der Waals surface area (Å²) in [5.41, 5.74) is -0.763. The van der Waals surface area contributed by atoms with Crippen LogP contribution in [0.3, 0.4) is 0 Å². The fourth-order valence-electron chi connectivity index (χ4n) is 2.81. The smallest absolute Gasteiger partial charge is 0.217 e. The van der Waals surface area contributed by atoms with Gasteiger partial charge in [0.1, 0.15) is 17.2 Å². The summed E-state index contributed by atoms with van der Waals surface area (Å²) < 4.78 is 38.2. The fourth-order valence-corrected chi connectivity index (χ4v) is 4.74. The average molecular weight is 404 g/mol. The number of para-hydroxylation sites is 1. The van der Waals surface area contributed by atoms with Crippen LogP contribution in [-0.4, -0.2) is 25.2 Å². The zero-order valence-electron chi connectivity index (χ0n) is 14.0. The van der Waals surface area contributed by atoms with E-state index in [1.165, 1.54) is 17.6 Å². The van der Waals surface area contributed by atoms with Crippen molar-refractivity contribution in [2.75, 3.05) is 6.54 Å². The van der Waals surface area contributed by atoms with Gasteiger partial charge in [0.15, 0.2) is 11.2 Å². The van der Waals surface area contributed by atoms with Crippen molar-refractivity contribution in [3.8, 4) is 0 Å². The van der Waals surface area contributed by atoms with Crippen molar-refractivity contribution in [3.05, 3.63) is 76.5 Å². The highest BCUT2D eigenvalue weighted by molar-refractivity contribution is 7.88. The maximum Gasteiger partial charge on any atom is 0.217 e. The molecule has 3 heterocycles. The average Bonchev–Trinajstić information content (AvgIpc) is 3.41. The van der Waals surface area contributed by atoms with Crippen LogP contribution in [0.15, 0.2) is 69.1 Å². The second kappa shape index (κ2) is 6.93. The van der Waals surface area contributed by atoms with Crippen molar-refractivity contribution in [2.24, 2.45) is 0 Å². The van der Waals surface area contributed by atoms with Gasteiger partial charge in [-0.15, -0.1) is 11.3 Å². The molecule has 0 aliphatic carbocycles. The topological polar surface area (TPSA) is 106 Å². The standard InChI is InChI=1S/C18H16N2O5S2/c21-18(16-7-3-9-24-16,17-8-4-10-26-17)12-19-27(22,23)11-14-13-5-1-2-6-15(13)25-20-14/h1-10,19,21H,11-12H2. The molecule has 140 valence electrons. The van der Waals surface area contributed by atoms with E-state index in [0.29, 0.717) is 21.5 Å². The number of aliphatic hydroxyl groups is 1. The molecular formula is C18H16N2O5S2. The Morgan fingerprint density at radius 2 is 2.00 bits per heavy atom. The van der Waals surface area contributed by atoms with Gasteiger partial charge in [-0.25, -0.2) is 13.1 Å². The predicted octanol–water partition coefficient (Wildman–Crippen LogP) is 2.84. The summed E-state index contributed by atoms with van der Waals surface area (Å²) in [7, 11) is -3.78. The second-order valence-electron chi connectivity index (χ2n) is 6.02. The van der Waals surface area contributed by atoms with Gasteiger partial charge in [0.25, 0.3) is 0 Å². The van der Waals surface area contributed by atoms with Crippen LogP contribution in [0.2, 0.25) is 0 Å². The highest BCUT2D eigenvalue weighted by Crippen LogP contribution is 2.33. The Bertz CT molecular complexity index is 1100. The van der Waals surface area contributed by atoms with Crippen LogP contribution >= 0.6 is 11.3 Å². The number of rotatable bonds is 7. The number of nitrogens with one attached hydrogen (secondary N) is 1. The van der Waals surface area contributed by atoms with Crippen LogP contribution in [0.4, 0.5) is 0 Å². The van der Waals surface area contributed by atoms with E-state index in [-0.39, 0.29) is 18.1 Å². The zero-order chi connectivity index (χ0) is 18.9. The highest BCUT2D eigenvalue weighted by Gasteiger charge is 2.37. The molecule has 9 heteroatoms. The van der Waals surface area contributed by atoms with Crippen molar-refractivity contribution >= 4 is 32.3 Å². The van der Waals surface area contributed by atoms with Crippen molar-refractivity contribution < 1.29 is 22.5 Å². The molecule has 0 amide bonds. The van der Waals surface area contributed by atoms with E-state index in [9.17, 15) is 13.5 Å². The largest absolute Gasteiger partial charge is 0.466 e. The van der Waals surface area contributed by atoms with Gasteiger partial charge in [0.2, 0.25) is 10.0 Å². The van der Waals surface area contributed by atoms with Crippen LogP contribution in [-0.2, 0) is 21.4 Å². The summed E-state index contributed by atoms with van der Waals surface area (Å²) in [6, 6.07) is 13.8. The van der Waals surface area contributed by atoms with Crippen LogP contribution in [0.1, 0.15) is 16.3 Å². The minimum absolute atomic E-state index is 0.263. The lowest BCUT2D eigenvalue weighted by atomic mass is 9.99. The van der Waals surface area contributed by atoms with E-state index in [1.807, 2.05) is 0 Å². The number of hydrogen-bond donors (Lipinski definition) is 2. The summed E-state index contributed by atoms with van der Waals surface area (Å²) >= 11 is 1.31. The summed E-state index contributed by atoms with van der Waals surface area (Å²) in [4.78, 5) is 0.576. The number of fused-ring (bicyclic) bond motifs is 1. The molecule has 1 aromatic carbocycles. The summed E-state index contributed by atoms with van der Waals surface area (Å²) in [5.74, 6) is -0.0950. The maximum absolute atomic E-state index is 12.6. The second-order valence-corrected chi connectivity index (χ2v) is 8.78. The molecule has 27 heavy (non-hydrogen) atoms. The Hall–Kier alpha value is -2.46. The van der Waals surface area contributed by atoms with Crippen LogP contribution in [0.25, 0.3) is 11.0 Å². The number of furan rings is 1. The minimum Gasteiger partial charge on any atom is -0.466 e. The fraction of sp³-hybridized carbons (Fsp3) is 0.167. The lowest BCUT2D eigenvalue weighted by molar-refractivity contribution is 0.0655. The molecule has 0 bridgehead atoms. The van der Waals surface area contributed by atoms with Gasteiger partial charge in [-0.05, 0) is 35.7 Å². The van der Waals surface area contributed by atoms with Gasteiger partial charge in [-0.1, -0.05) is 23.4 Å². The summed E-state index contributed by atoms with van der Waals surface area (Å²) in [6.07, 6.45) is 1.43. The highest BCUT2D eigenvalue weighted by atomic mass is 32.2. The number of benzene rings is 1. The van der Waals surface area contributed by atoms with E-state index in [0.717, 1.165) is 0 Å². The van der Waals surface area contributed by atoms with Gasteiger partial charge in [-0.2, -0.15) is 0 Å². The number of nitrogens with zero attached hydrogens (tertiary/aromatic N) is 1. The zero-order valence-corrected chi connectivity index (χ0v) is 15.7. The van der Waals surface area contributed by atoms with Crippen LogP contribution < -0.4 is 4.72 Å². The molecule has 0 aliphatic heterocycles. The predicted molar refractivity (Wildman–Crippen MR) is 101 cm³/mol. The number of thiophene rings is 1. The Morgan fingerprint density at radius 1 is 1.15 bits per heavy atom. The summed E-state index contributed by atoms with van der Waals surface area (Å²) in [6.45, 7) is -0.265. The Morgan fingerprint density at radius 3 is 2.74 bits per heavy atom. The molecule has 2 N–H and O–H groups in total. The third kappa shape index (κ3) is 3.54. The molecule has 0 radical (unpaired) electrons. The van der Waals surface area contributed by atoms with Crippen LogP contribution in [0, 0.1) is 0 Å². The van der Waals surface area contributed by atoms with Crippen molar-refractivity contribution in [1.29, 1.82) is 0 Å². The lowest BCUT2D eigenvalue weighted by Gasteiger charge is -2.25. The number of sulfonamides is 1. The molecule has 0 saturated carbocycles. The van der Waals surface area contributed by atoms with E-state index in [2.05, 4.69) is 9.88 Å². The normalized spacial score (nSPS) is 14.4. The Balaban J connectivity index is 1.57. The van der Waals surface area contributed by atoms with Crippen molar-refractivity contribution in [1.82, 2.24) is 9.88 Å². The first-order valence-corrected chi connectivity index (χ1v) is 10.6. The van der Waals surface area contributed by atoms with Gasteiger partial charge < -0.3 is 14.0 Å². The van der Waals surface area contributed by atoms with Gasteiger partial charge in [-0.3, -0.25) is 0 Å². The van der Waals surface area contributed by atoms with E-state index < -0.39 is 15.6 Å². The first-order chi connectivity index (χ1) is 13.0. The minimum atomic E-state index is -3.78. The number of aromatic nitrogens is 1. The first-order valence-electron chi connectivity index (χ1n) is 8.09. The molecule has 4 rings (SSSR count). The first kappa shape index (κ1) is 17.9. The molecule has 0 aliphatic rings. The Labute approximate surface area is 159 Å². The number of hydrogen-bond acceptors (Lipinski definition) is 7. The Kier molecular flexibility index (Phi) is 4.60. The molecule has 4 aromatic rings. The monoisotopic (exact) mass is 404 g/mol. The molecule has 0 spiro atoms. The SMILES string of the molecule is O=S(=O)(Cc1noc2ccccc12)NCC(O)(c1ccco1)c1cccs1. The van der Waals surface area contributed by atoms with Crippen LogP contribution in [0.5, 0.6) is 0 Å². The molecule has 0 saturated heterocycles. The molecule has 0 fully saturated rings. The quantitative estimate of drug-likeness (QED) is 0.491. The third-order valence-corrected chi connectivity index (χ3v) is 6.44. The molecule has 7 nitrogen and oxygen atoms in total. The van der Waals surface area contributed by atoms with Gasteiger partial charge in [0.05, 0.1) is 12.8 Å². The third-order valence-electron chi connectivity index (χ3n) is 4.18. The molecule has 1 unspecified atom stereocenters. The summed E-state index contributed by atoms with van der Waals surface area (Å²) in [5, 5.41) is 17.4. The maximum atomic E-state index is 12.6. The van der Waals surface area contributed by atoms with E-state index >= 15 is 0 Å². The van der Waals surface area contributed by atoms with E-state index in [4.69, 9.17) is 8.94 Å². The van der Waals surface area contributed by atoms with Crippen molar-refractivity contribution in [3.63, 3.8) is 0 Å². The van der Waals surface area contributed by atoms with Gasteiger partial charge >= 0.3 is 0 Å². The lowest BCUT2D eigenvalue weighted by Crippen LogP contribution is -2.41. The van der Waals surface area contributed by atoms with Gasteiger partial charge in [0, 0.05) is 10.3 Å². The van der Waals surface area contributed by atoms with E-state index in [1.54, 1.807) is 53.9 Å². The molecule has 3 aromatic heterocycles. The van der Waals surface area contributed by atoms with Crippen molar-refractivity contribution in [2.45, 2.75) is 11.4 Å². The molecular weight excluding hydrogens is 388 g/mol.